The molecular weight excluding hydrogens is 432 g/mol. The van der Waals surface area contributed by atoms with E-state index in [1.54, 1.807) is 48.6 Å². The number of nitriles is 2. The highest BCUT2D eigenvalue weighted by molar-refractivity contribution is 6.26. The van der Waals surface area contributed by atoms with Gasteiger partial charge in [-0.25, -0.2) is 9.80 Å². The minimum atomic E-state index is -0.739. The average molecular weight is 448 g/mol. The fourth-order valence-corrected chi connectivity index (χ4v) is 6.16. The molecule has 2 aromatic rings. The molecular formula is C26H16N4O4. The fraction of sp³-hybridized carbons (Fsp3) is 0.231. The number of hydrogen-bond donors (Lipinski definition) is 0. The molecule has 2 heterocycles. The van der Waals surface area contributed by atoms with E-state index >= 15 is 0 Å². The number of amides is 4. The van der Waals surface area contributed by atoms with Crippen LogP contribution in [-0.4, -0.2) is 23.6 Å². The molecule has 2 saturated heterocycles. The normalized spacial score (nSPS) is 30.9. The third kappa shape index (κ3) is 2.45. The Bertz CT molecular complexity index is 1280. The van der Waals surface area contributed by atoms with E-state index in [4.69, 9.17) is 0 Å². The van der Waals surface area contributed by atoms with Crippen molar-refractivity contribution >= 4 is 35.0 Å². The molecule has 0 N–H and O–H groups in total. The fourth-order valence-electron chi connectivity index (χ4n) is 6.16. The maximum Gasteiger partial charge on any atom is 0.238 e. The monoisotopic (exact) mass is 448 g/mol. The van der Waals surface area contributed by atoms with Crippen molar-refractivity contribution in [1.29, 1.82) is 10.5 Å². The first-order valence-corrected chi connectivity index (χ1v) is 10.9. The van der Waals surface area contributed by atoms with Gasteiger partial charge in [0.25, 0.3) is 0 Å². The molecule has 2 bridgehead atoms. The van der Waals surface area contributed by atoms with Gasteiger partial charge in [-0.15, -0.1) is 0 Å². The van der Waals surface area contributed by atoms with Crippen LogP contribution in [0.15, 0.2) is 60.7 Å². The zero-order valence-electron chi connectivity index (χ0n) is 17.7. The molecule has 3 fully saturated rings. The minimum absolute atomic E-state index is 0.320. The molecule has 4 atom stereocenters. The lowest BCUT2D eigenvalue weighted by Crippen LogP contribution is -2.50. The van der Waals surface area contributed by atoms with Crippen molar-refractivity contribution in [2.24, 2.45) is 35.5 Å². The summed E-state index contributed by atoms with van der Waals surface area (Å²) in [6, 6.07) is 16.6. The highest BCUT2D eigenvalue weighted by atomic mass is 16.2. The van der Waals surface area contributed by atoms with Gasteiger partial charge in [0.05, 0.1) is 58.3 Å². The number of allylic oxidation sites excluding steroid dienone is 2. The second-order valence-corrected chi connectivity index (χ2v) is 8.99. The van der Waals surface area contributed by atoms with Crippen LogP contribution in [0.1, 0.15) is 11.1 Å². The van der Waals surface area contributed by atoms with Gasteiger partial charge in [0.15, 0.2) is 0 Å². The van der Waals surface area contributed by atoms with Crippen molar-refractivity contribution in [2.45, 2.75) is 0 Å². The van der Waals surface area contributed by atoms with Crippen molar-refractivity contribution in [1.82, 2.24) is 0 Å². The Balaban J connectivity index is 1.40. The molecule has 3 aliphatic carbocycles. The van der Waals surface area contributed by atoms with Crippen molar-refractivity contribution < 1.29 is 19.2 Å². The second-order valence-electron chi connectivity index (χ2n) is 8.99. The second kappa shape index (κ2) is 6.97. The smallest absolute Gasteiger partial charge is 0.238 e. The molecule has 1 saturated carbocycles. The third-order valence-corrected chi connectivity index (χ3v) is 7.48. The van der Waals surface area contributed by atoms with Gasteiger partial charge in [-0.1, -0.05) is 24.3 Å². The zero-order chi connectivity index (χ0) is 23.7. The van der Waals surface area contributed by atoms with Crippen LogP contribution in [-0.2, 0) is 19.2 Å². The number of rotatable bonds is 2. The Morgan fingerprint density at radius 2 is 0.941 bits per heavy atom. The summed E-state index contributed by atoms with van der Waals surface area (Å²) in [5, 5.41) is 18.4. The number of nitrogens with zero attached hydrogens (tertiary/aromatic N) is 4. The highest BCUT2D eigenvalue weighted by Gasteiger charge is 2.68. The Labute approximate surface area is 194 Å². The molecule has 34 heavy (non-hydrogen) atoms. The van der Waals surface area contributed by atoms with Crippen molar-refractivity contribution in [3.05, 3.63) is 71.8 Å². The minimum Gasteiger partial charge on any atom is -0.274 e. The van der Waals surface area contributed by atoms with Gasteiger partial charge in [-0.05, 0) is 36.4 Å². The summed E-state index contributed by atoms with van der Waals surface area (Å²) in [5.74, 6) is -5.76. The summed E-state index contributed by atoms with van der Waals surface area (Å²) in [4.78, 5) is 56.2. The molecule has 2 aliphatic heterocycles. The molecule has 2 aromatic carbocycles. The number of hydrogen-bond acceptors (Lipinski definition) is 6. The largest absolute Gasteiger partial charge is 0.274 e. The van der Waals surface area contributed by atoms with Crippen LogP contribution in [0.5, 0.6) is 0 Å². The van der Waals surface area contributed by atoms with Crippen LogP contribution >= 0.6 is 0 Å². The quantitative estimate of drug-likeness (QED) is 0.513. The van der Waals surface area contributed by atoms with E-state index in [1.165, 1.54) is 12.1 Å². The van der Waals surface area contributed by atoms with E-state index < -0.39 is 59.1 Å². The lowest BCUT2D eigenvalue weighted by atomic mass is 9.54. The van der Waals surface area contributed by atoms with Crippen LogP contribution in [0, 0.1) is 58.2 Å². The Morgan fingerprint density at radius 3 is 1.26 bits per heavy atom. The van der Waals surface area contributed by atoms with Gasteiger partial charge in [0.1, 0.15) is 0 Å². The molecule has 8 heteroatoms. The predicted octanol–water partition coefficient (Wildman–Crippen LogP) is 2.16. The standard InChI is InChI=1S/C26H16N4O4/c27-11-13-3-1-5-15(9-13)29-23(31)19-17-7-8-18(20(19)24(29)32)22-21(17)25(33)30(26(22)34)16-6-2-4-14(10-16)12-28/h1-10,17-22H/t17?,18?,19-,20-,21-,22-/m1/s1. The topological polar surface area (TPSA) is 122 Å². The summed E-state index contributed by atoms with van der Waals surface area (Å²) >= 11 is 0. The first-order valence-electron chi connectivity index (χ1n) is 10.9. The van der Waals surface area contributed by atoms with Gasteiger partial charge in [0, 0.05) is 11.8 Å². The summed E-state index contributed by atoms with van der Waals surface area (Å²) in [6.45, 7) is 0. The van der Waals surface area contributed by atoms with Crippen LogP contribution in [0.2, 0.25) is 0 Å². The molecule has 0 spiro atoms. The molecule has 8 nitrogen and oxygen atoms in total. The van der Waals surface area contributed by atoms with Gasteiger partial charge in [0.2, 0.25) is 23.6 Å². The van der Waals surface area contributed by atoms with E-state index in [2.05, 4.69) is 0 Å². The van der Waals surface area contributed by atoms with Crippen molar-refractivity contribution in [3.8, 4) is 12.1 Å². The molecule has 5 aliphatic rings. The number of carbonyl (C=O) groups is 4. The zero-order valence-corrected chi connectivity index (χ0v) is 17.7. The Morgan fingerprint density at radius 1 is 0.588 bits per heavy atom. The predicted molar refractivity (Wildman–Crippen MR) is 117 cm³/mol. The van der Waals surface area contributed by atoms with Crippen LogP contribution in [0.4, 0.5) is 11.4 Å². The average Bonchev–Trinajstić information content (AvgIpc) is 3.31. The van der Waals surface area contributed by atoms with Crippen LogP contribution in [0.3, 0.4) is 0 Å². The maximum absolute atomic E-state index is 13.5. The SMILES string of the molecule is N#Cc1cccc(N2C(=O)[C@@H]3C4C=CC([C@H]3C2=O)[C@H]2C(=O)N(c3cccc(C#N)c3)C(=O)[C@H]42)c1. The van der Waals surface area contributed by atoms with Gasteiger partial charge in [-0.3, -0.25) is 19.2 Å². The Kier molecular flexibility index (Phi) is 4.11. The number of carbonyl (C=O) groups excluding carboxylic acids is 4. The number of imide groups is 2. The molecule has 164 valence electrons. The van der Waals surface area contributed by atoms with Gasteiger partial charge < -0.3 is 0 Å². The summed E-state index contributed by atoms with van der Waals surface area (Å²) in [7, 11) is 0. The van der Waals surface area contributed by atoms with Gasteiger partial charge in [-0.2, -0.15) is 10.5 Å². The molecule has 0 radical (unpaired) electrons. The van der Waals surface area contributed by atoms with E-state index in [0.717, 1.165) is 9.80 Å². The summed E-state index contributed by atoms with van der Waals surface area (Å²) in [5.41, 5.74) is 1.29. The molecule has 0 aromatic heterocycles. The molecule has 4 amide bonds. The van der Waals surface area contributed by atoms with E-state index in [0.29, 0.717) is 22.5 Å². The lowest BCUT2D eigenvalue weighted by molar-refractivity contribution is -0.137. The number of benzene rings is 2. The van der Waals surface area contributed by atoms with Gasteiger partial charge >= 0.3 is 0 Å². The summed E-state index contributed by atoms with van der Waals surface area (Å²) < 4.78 is 0. The Hall–Kier alpha value is -4.56. The van der Waals surface area contributed by atoms with Crippen LogP contribution in [0.25, 0.3) is 0 Å². The van der Waals surface area contributed by atoms with Crippen molar-refractivity contribution in [3.63, 3.8) is 0 Å². The summed E-state index contributed by atoms with van der Waals surface area (Å²) in [6.07, 6.45) is 3.60. The van der Waals surface area contributed by atoms with Crippen LogP contribution < -0.4 is 9.80 Å². The van der Waals surface area contributed by atoms with E-state index in [-0.39, 0.29) is 0 Å². The maximum atomic E-state index is 13.5. The van der Waals surface area contributed by atoms with E-state index in [9.17, 15) is 29.7 Å². The lowest BCUT2D eigenvalue weighted by Gasteiger charge is -2.44. The van der Waals surface area contributed by atoms with E-state index in [1.807, 2.05) is 12.1 Å². The molecule has 0 unspecified atom stereocenters. The molecule has 7 rings (SSSR count). The highest BCUT2D eigenvalue weighted by Crippen LogP contribution is 2.58. The third-order valence-electron chi connectivity index (χ3n) is 7.48. The first-order chi connectivity index (χ1) is 16.5. The number of anilines is 2. The van der Waals surface area contributed by atoms with Crippen molar-refractivity contribution in [2.75, 3.05) is 9.80 Å². The first kappa shape index (κ1) is 20.1.